The van der Waals surface area contributed by atoms with Gasteiger partial charge in [0.2, 0.25) is 0 Å². The van der Waals surface area contributed by atoms with Gasteiger partial charge in [-0.3, -0.25) is 0 Å². The van der Waals surface area contributed by atoms with Crippen molar-refractivity contribution in [3.05, 3.63) is 23.9 Å². The van der Waals surface area contributed by atoms with E-state index in [1.54, 1.807) is 12.3 Å². The molecular weight excluding hydrogens is 182 g/mol. The number of carbonyl (C=O) groups is 1. The second kappa shape index (κ2) is 5.18. The fraction of sp³-hybridized carbons (Fsp3) is 0.333. The van der Waals surface area contributed by atoms with Crippen LogP contribution in [0.3, 0.4) is 0 Å². The van der Waals surface area contributed by atoms with Gasteiger partial charge in [-0.2, -0.15) is 0 Å². The van der Waals surface area contributed by atoms with Gasteiger partial charge in [-0.25, -0.2) is 9.78 Å². The van der Waals surface area contributed by atoms with Crippen molar-refractivity contribution < 1.29 is 9.90 Å². The molecule has 0 aliphatic heterocycles. The maximum absolute atomic E-state index is 10.7. The van der Waals surface area contributed by atoms with Crippen molar-refractivity contribution in [3.8, 4) is 0 Å². The number of pyridine rings is 1. The van der Waals surface area contributed by atoms with E-state index in [1.165, 1.54) is 6.07 Å². The van der Waals surface area contributed by atoms with Gasteiger partial charge in [-0.05, 0) is 25.1 Å². The van der Waals surface area contributed by atoms with Crippen molar-refractivity contribution in [1.29, 1.82) is 0 Å². The third kappa shape index (κ3) is 2.70. The van der Waals surface area contributed by atoms with Crippen molar-refractivity contribution in [1.82, 2.24) is 4.98 Å². The van der Waals surface area contributed by atoms with Crippen LogP contribution in [0.2, 0.25) is 0 Å². The molecule has 14 heavy (non-hydrogen) atoms. The number of hydrogen-bond acceptors (Lipinski definition) is 4. The second-order valence-electron chi connectivity index (χ2n) is 2.77. The van der Waals surface area contributed by atoms with E-state index in [0.717, 1.165) is 6.42 Å². The predicted molar refractivity (Wildman–Crippen MR) is 53.4 cm³/mol. The smallest absolute Gasteiger partial charge is 0.339 e. The van der Waals surface area contributed by atoms with Crippen molar-refractivity contribution in [2.45, 2.75) is 6.42 Å². The highest BCUT2D eigenvalue weighted by molar-refractivity contribution is 5.92. The van der Waals surface area contributed by atoms with Crippen LogP contribution in [0, 0.1) is 0 Å². The Hall–Kier alpha value is -1.62. The van der Waals surface area contributed by atoms with E-state index in [9.17, 15) is 4.79 Å². The zero-order chi connectivity index (χ0) is 10.4. The zero-order valence-corrected chi connectivity index (χ0v) is 7.73. The average Bonchev–Trinajstić information content (AvgIpc) is 2.19. The summed E-state index contributed by atoms with van der Waals surface area (Å²) >= 11 is 0. The molecule has 0 saturated carbocycles. The van der Waals surface area contributed by atoms with E-state index < -0.39 is 5.97 Å². The normalized spacial score (nSPS) is 9.79. The van der Waals surface area contributed by atoms with Gasteiger partial charge < -0.3 is 16.2 Å². The van der Waals surface area contributed by atoms with Gasteiger partial charge in [0.1, 0.15) is 11.4 Å². The summed E-state index contributed by atoms with van der Waals surface area (Å²) in [6.07, 6.45) is 2.34. The van der Waals surface area contributed by atoms with Crippen LogP contribution in [0.1, 0.15) is 16.8 Å². The number of aromatic nitrogens is 1. The van der Waals surface area contributed by atoms with E-state index in [0.29, 0.717) is 18.9 Å². The molecule has 0 aliphatic carbocycles. The second-order valence-corrected chi connectivity index (χ2v) is 2.77. The van der Waals surface area contributed by atoms with Crippen LogP contribution in [0.4, 0.5) is 5.82 Å². The highest BCUT2D eigenvalue weighted by Crippen LogP contribution is 2.10. The number of aromatic carboxylic acids is 1. The molecule has 4 N–H and O–H groups in total. The standard InChI is InChI=1S/C9H13N3O2/c10-4-2-6-12-8-7(9(13)14)3-1-5-11-8/h1,3,5H,2,4,6,10H2,(H,11,12)(H,13,14). The van der Waals surface area contributed by atoms with E-state index in [4.69, 9.17) is 10.8 Å². The molecule has 0 amide bonds. The fourth-order valence-corrected chi connectivity index (χ4v) is 1.03. The van der Waals surface area contributed by atoms with Crippen LogP contribution in [0.25, 0.3) is 0 Å². The Morgan fingerprint density at radius 1 is 1.64 bits per heavy atom. The Kier molecular flexibility index (Phi) is 3.87. The van der Waals surface area contributed by atoms with E-state index in [-0.39, 0.29) is 5.56 Å². The lowest BCUT2D eigenvalue weighted by atomic mass is 10.2. The molecule has 0 saturated heterocycles. The van der Waals surface area contributed by atoms with Gasteiger partial charge in [-0.15, -0.1) is 0 Å². The van der Waals surface area contributed by atoms with Gasteiger partial charge in [0.05, 0.1) is 0 Å². The third-order valence-corrected chi connectivity index (χ3v) is 1.71. The molecule has 0 unspecified atom stereocenters. The Morgan fingerprint density at radius 3 is 3.07 bits per heavy atom. The number of carboxylic acids is 1. The van der Waals surface area contributed by atoms with Crippen LogP contribution < -0.4 is 11.1 Å². The van der Waals surface area contributed by atoms with Crippen LogP contribution >= 0.6 is 0 Å². The molecule has 5 nitrogen and oxygen atoms in total. The van der Waals surface area contributed by atoms with E-state index >= 15 is 0 Å². The first-order valence-corrected chi connectivity index (χ1v) is 4.38. The lowest BCUT2D eigenvalue weighted by Crippen LogP contribution is -2.12. The molecule has 1 aromatic heterocycles. The molecule has 0 aromatic carbocycles. The summed E-state index contributed by atoms with van der Waals surface area (Å²) in [5.74, 6) is -0.582. The minimum Gasteiger partial charge on any atom is -0.478 e. The van der Waals surface area contributed by atoms with E-state index in [2.05, 4.69) is 10.3 Å². The molecule has 0 radical (unpaired) electrons. The van der Waals surface area contributed by atoms with Gasteiger partial charge in [0.25, 0.3) is 0 Å². The number of hydrogen-bond donors (Lipinski definition) is 3. The summed E-state index contributed by atoms with van der Waals surface area (Å²) < 4.78 is 0. The lowest BCUT2D eigenvalue weighted by molar-refractivity contribution is 0.0697. The summed E-state index contributed by atoms with van der Waals surface area (Å²) in [6.45, 7) is 1.20. The number of rotatable bonds is 5. The maximum Gasteiger partial charge on any atom is 0.339 e. The number of carboxylic acid groups (broad SMARTS) is 1. The van der Waals surface area contributed by atoms with Crippen molar-refractivity contribution in [2.75, 3.05) is 18.4 Å². The highest BCUT2D eigenvalue weighted by Gasteiger charge is 2.08. The Balaban J connectivity index is 2.69. The summed E-state index contributed by atoms with van der Waals surface area (Å²) in [5.41, 5.74) is 5.50. The molecule has 1 aromatic rings. The number of nitrogens with two attached hydrogens (primary N) is 1. The maximum atomic E-state index is 10.7. The van der Waals surface area contributed by atoms with E-state index in [1.807, 2.05) is 0 Å². The minimum atomic E-state index is -0.978. The first kappa shape index (κ1) is 10.5. The molecule has 0 spiro atoms. The first-order chi connectivity index (χ1) is 6.75. The van der Waals surface area contributed by atoms with Gasteiger partial charge >= 0.3 is 5.97 Å². The highest BCUT2D eigenvalue weighted by atomic mass is 16.4. The molecule has 0 bridgehead atoms. The quantitative estimate of drug-likeness (QED) is 0.597. The summed E-state index contributed by atoms with van der Waals surface area (Å²) in [6, 6.07) is 3.11. The topological polar surface area (TPSA) is 88.2 Å². The fourth-order valence-electron chi connectivity index (χ4n) is 1.03. The molecule has 0 fully saturated rings. The van der Waals surface area contributed by atoms with Crippen molar-refractivity contribution >= 4 is 11.8 Å². The first-order valence-electron chi connectivity index (χ1n) is 4.38. The zero-order valence-electron chi connectivity index (χ0n) is 7.73. The minimum absolute atomic E-state index is 0.185. The number of nitrogens with one attached hydrogen (secondary N) is 1. The van der Waals surface area contributed by atoms with Crippen LogP contribution in [0.5, 0.6) is 0 Å². The summed E-state index contributed by atoms with van der Waals surface area (Å²) in [4.78, 5) is 14.7. The number of anilines is 1. The summed E-state index contributed by atoms with van der Waals surface area (Å²) in [5, 5.41) is 11.7. The Morgan fingerprint density at radius 2 is 2.43 bits per heavy atom. The van der Waals surface area contributed by atoms with Crippen LogP contribution in [-0.2, 0) is 0 Å². The Labute approximate surface area is 82.0 Å². The molecule has 5 heteroatoms. The largest absolute Gasteiger partial charge is 0.478 e. The van der Waals surface area contributed by atoms with Crippen LogP contribution in [-0.4, -0.2) is 29.1 Å². The summed E-state index contributed by atoms with van der Waals surface area (Å²) in [7, 11) is 0. The van der Waals surface area contributed by atoms with Crippen molar-refractivity contribution in [3.63, 3.8) is 0 Å². The van der Waals surface area contributed by atoms with Gasteiger partial charge in [0, 0.05) is 12.7 Å². The van der Waals surface area contributed by atoms with Gasteiger partial charge in [0.15, 0.2) is 0 Å². The molecule has 1 heterocycles. The average molecular weight is 195 g/mol. The third-order valence-electron chi connectivity index (χ3n) is 1.71. The van der Waals surface area contributed by atoms with Crippen LogP contribution in [0.15, 0.2) is 18.3 Å². The molecular formula is C9H13N3O2. The molecule has 0 aliphatic rings. The molecule has 1 rings (SSSR count). The lowest BCUT2D eigenvalue weighted by Gasteiger charge is -2.06. The van der Waals surface area contributed by atoms with Gasteiger partial charge in [-0.1, -0.05) is 0 Å². The monoisotopic (exact) mass is 195 g/mol. The molecule has 76 valence electrons. The molecule has 0 atom stereocenters. The Bertz CT molecular complexity index is 315. The van der Waals surface area contributed by atoms with Crippen molar-refractivity contribution in [2.24, 2.45) is 5.73 Å². The SMILES string of the molecule is NCCCNc1ncccc1C(=O)O. The number of nitrogens with zero attached hydrogens (tertiary/aromatic N) is 1. The predicted octanol–water partition coefficient (Wildman–Crippen LogP) is 0.540.